The summed E-state index contributed by atoms with van der Waals surface area (Å²) >= 11 is 0. The third-order valence-corrected chi connectivity index (χ3v) is 5.52. The Labute approximate surface area is 194 Å². The van der Waals surface area contributed by atoms with E-state index in [-0.39, 0.29) is 35.5 Å². The Morgan fingerprint density at radius 1 is 0.857 bits per heavy atom. The molecule has 1 aliphatic rings. The zero-order chi connectivity index (χ0) is 19.7. The van der Waals surface area contributed by atoms with Crippen molar-refractivity contribution in [2.75, 3.05) is 6.61 Å². The van der Waals surface area contributed by atoms with Crippen molar-refractivity contribution in [1.82, 2.24) is 0 Å². The van der Waals surface area contributed by atoms with Crippen molar-refractivity contribution in [2.45, 2.75) is 103 Å². The quantitative estimate of drug-likeness (QED) is 0.182. The van der Waals surface area contributed by atoms with Crippen LogP contribution >= 0.6 is 0 Å². The van der Waals surface area contributed by atoms with Crippen LogP contribution in [0.1, 0.15) is 103 Å². The molecule has 0 amide bonds. The van der Waals surface area contributed by atoms with Crippen LogP contribution in [0.15, 0.2) is 12.2 Å². The van der Waals surface area contributed by atoms with Crippen LogP contribution in [0.2, 0.25) is 0 Å². The zero-order valence-electron chi connectivity index (χ0n) is 18.3. The summed E-state index contributed by atoms with van der Waals surface area (Å²) in [5, 5.41) is 11.1. The fourth-order valence-corrected chi connectivity index (χ4v) is 3.78. The first kappa shape index (κ1) is 27.7. The van der Waals surface area contributed by atoms with E-state index in [4.69, 9.17) is 4.74 Å². The summed E-state index contributed by atoms with van der Waals surface area (Å²) < 4.78 is 5.32. The number of esters is 1. The van der Waals surface area contributed by atoms with Gasteiger partial charge in [0, 0.05) is 11.9 Å². The number of hydrogen-bond donors (Lipinski definition) is 0. The van der Waals surface area contributed by atoms with Gasteiger partial charge in [-0.2, -0.15) is 0 Å². The largest absolute Gasteiger partial charge is 1.00 e. The van der Waals surface area contributed by atoms with Gasteiger partial charge in [-0.05, 0) is 38.5 Å². The van der Waals surface area contributed by atoms with Gasteiger partial charge in [0.25, 0.3) is 0 Å². The molecular weight excluding hydrogens is 363 g/mol. The molecule has 0 N–H and O–H groups in total. The predicted molar refractivity (Wildman–Crippen MR) is 107 cm³/mol. The Balaban J connectivity index is 0.00000729. The van der Waals surface area contributed by atoms with Gasteiger partial charge in [0.2, 0.25) is 0 Å². The SMILES string of the molecule is CCCC/C=C/CCCCCCCCCOC(=O)C1CCCCC1C(=O)[O-].[Na+]. The molecule has 0 bridgehead atoms. The van der Waals surface area contributed by atoms with Crippen LogP contribution in [0, 0.1) is 11.8 Å². The molecule has 1 aliphatic carbocycles. The van der Waals surface area contributed by atoms with Gasteiger partial charge in [-0.3, -0.25) is 4.79 Å². The minimum absolute atomic E-state index is 0. The fourth-order valence-electron chi connectivity index (χ4n) is 3.78. The van der Waals surface area contributed by atoms with Gasteiger partial charge in [-0.1, -0.05) is 76.9 Å². The van der Waals surface area contributed by atoms with Crippen molar-refractivity contribution < 1.29 is 49.0 Å². The summed E-state index contributed by atoms with van der Waals surface area (Å²) in [5.41, 5.74) is 0. The molecule has 156 valence electrons. The second-order valence-corrected chi connectivity index (χ2v) is 7.86. The van der Waals surface area contributed by atoms with E-state index in [1.165, 1.54) is 57.8 Å². The van der Waals surface area contributed by atoms with Gasteiger partial charge in [0.15, 0.2) is 0 Å². The third kappa shape index (κ3) is 13.0. The van der Waals surface area contributed by atoms with Crippen LogP contribution in [0.4, 0.5) is 0 Å². The van der Waals surface area contributed by atoms with E-state index in [2.05, 4.69) is 19.1 Å². The second kappa shape index (κ2) is 18.7. The summed E-state index contributed by atoms with van der Waals surface area (Å²) in [5.74, 6) is -2.60. The number of carboxylic acid groups (broad SMARTS) is 1. The van der Waals surface area contributed by atoms with Crippen molar-refractivity contribution in [3.63, 3.8) is 0 Å². The third-order valence-electron chi connectivity index (χ3n) is 5.52. The molecule has 4 nitrogen and oxygen atoms in total. The van der Waals surface area contributed by atoms with Gasteiger partial charge in [0.05, 0.1) is 12.5 Å². The molecule has 0 aliphatic heterocycles. The predicted octanol–water partition coefficient (Wildman–Crippen LogP) is 1.96. The summed E-state index contributed by atoms with van der Waals surface area (Å²) in [6, 6.07) is 0. The average Bonchev–Trinajstić information content (AvgIpc) is 2.68. The van der Waals surface area contributed by atoms with Gasteiger partial charge in [0.1, 0.15) is 0 Å². The van der Waals surface area contributed by atoms with Gasteiger partial charge in [-0.15, -0.1) is 0 Å². The first-order valence-electron chi connectivity index (χ1n) is 11.2. The van der Waals surface area contributed by atoms with E-state index in [9.17, 15) is 14.7 Å². The number of hydrogen-bond acceptors (Lipinski definition) is 4. The molecule has 0 aromatic heterocycles. The minimum atomic E-state index is -1.10. The van der Waals surface area contributed by atoms with Gasteiger partial charge < -0.3 is 14.6 Å². The number of rotatable bonds is 15. The Hall–Kier alpha value is -0.320. The fraction of sp³-hybridized carbons (Fsp3) is 0.826. The van der Waals surface area contributed by atoms with Crippen LogP contribution < -0.4 is 34.7 Å². The van der Waals surface area contributed by atoms with Gasteiger partial charge in [-0.25, -0.2) is 0 Å². The summed E-state index contributed by atoms with van der Waals surface area (Å²) in [6.07, 6.45) is 20.7. The smallest absolute Gasteiger partial charge is 0.550 e. The van der Waals surface area contributed by atoms with Gasteiger partial charge >= 0.3 is 35.5 Å². The van der Waals surface area contributed by atoms with Crippen LogP contribution in [-0.4, -0.2) is 18.5 Å². The molecule has 0 aromatic rings. The Kier molecular flexibility index (Phi) is 18.5. The average molecular weight is 403 g/mol. The molecule has 28 heavy (non-hydrogen) atoms. The molecule has 1 rings (SSSR count). The first-order valence-corrected chi connectivity index (χ1v) is 11.2. The first-order chi connectivity index (χ1) is 13.2. The molecule has 1 fully saturated rings. The molecule has 2 unspecified atom stereocenters. The number of unbranched alkanes of at least 4 members (excludes halogenated alkanes) is 9. The second-order valence-electron chi connectivity index (χ2n) is 7.86. The van der Waals surface area contributed by atoms with Crippen molar-refractivity contribution >= 4 is 11.9 Å². The van der Waals surface area contributed by atoms with Crippen LogP contribution in [0.5, 0.6) is 0 Å². The molecule has 0 aromatic carbocycles. The van der Waals surface area contributed by atoms with E-state index in [0.29, 0.717) is 19.4 Å². The molecule has 1 saturated carbocycles. The maximum absolute atomic E-state index is 12.1. The van der Waals surface area contributed by atoms with Crippen molar-refractivity contribution in [3.05, 3.63) is 12.2 Å². The molecular formula is C23H39NaO4. The molecule has 5 heteroatoms. The number of carbonyl (C=O) groups is 2. The van der Waals surface area contributed by atoms with E-state index < -0.39 is 17.8 Å². The van der Waals surface area contributed by atoms with E-state index in [1.54, 1.807) is 0 Å². The van der Waals surface area contributed by atoms with Crippen molar-refractivity contribution in [2.24, 2.45) is 11.8 Å². The van der Waals surface area contributed by atoms with Crippen molar-refractivity contribution in [1.29, 1.82) is 0 Å². The topological polar surface area (TPSA) is 66.4 Å². The number of ether oxygens (including phenoxy) is 1. The number of allylic oxidation sites excluding steroid dienone is 2. The number of carbonyl (C=O) groups excluding carboxylic acids is 2. The van der Waals surface area contributed by atoms with E-state index in [1.807, 2.05) is 0 Å². The molecule has 0 saturated heterocycles. The standard InChI is InChI=1S/C23H40O4.Na/c1-2-3-4-5-6-7-8-9-10-11-12-13-16-19-27-23(26)21-18-15-14-17-20(21)22(24)25;/h5-6,20-21H,2-4,7-19H2,1H3,(H,24,25);/q;+1/p-1/b6-5+;. The molecule has 0 radical (unpaired) electrons. The Bertz CT molecular complexity index is 436. The van der Waals surface area contributed by atoms with Crippen LogP contribution in [0.3, 0.4) is 0 Å². The maximum atomic E-state index is 12.1. The molecule has 0 spiro atoms. The normalized spacial score (nSPS) is 19.3. The maximum Gasteiger partial charge on any atom is 1.00 e. The Morgan fingerprint density at radius 2 is 1.39 bits per heavy atom. The number of aliphatic carboxylic acids is 1. The summed E-state index contributed by atoms with van der Waals surface area (Å²) in [7, 11) is 0. The summed E-state index contributed by atoms with van der Waals surface area (Å²) in [4.78, 5) is 23.3. The van der Waals surface area contributed by atoms with Crippen molar-refractivity contribution in [3.8, 4) is 0 Å². The summed E-state index contributed by atoms with van der Waals surface area (Å²) in [6.45, 7) is 2.64. The van der Waals surface area contributed by atoms with E-state index in [0.717, 1.165) is 25.7 Å². The number of carboxylic acids is 1. The monoisotopic (exact) mass is 402 g/mol. The zero-order valence-corrected chi connectivity index (χ0v) is 20.3. The molecule has 0 heterocycles. The van der Waals surface area contributed by atoms with E-state index >= 15 is 0 Å². The van der Waals surface area contributed by atoms with Crippen LogP contribution in [0.25, 0.3) is 0 Å². The molecule has 2 atom stereocenters. The minimum Gasteiger partial charge on any atom is -0.550 e. The Morgan fingerprint density at radius 3 is 2.00 bits per heavy atom. The van der Waals surface area contributed by atoms with Crippen LogP contribution in [-0.2, 0) is 14.3 Å².